The average Bonchev–Trinajstić information content (AvgIpc) is 2.70. The molecule has 21 heavy (non-hydrogen) atoms. The number of hydrogen-bond donors (Lipinski definition) is 2. The van der Waals surface area contributed by atoms with Crippen LogP contribution in [0.1, 0.15) is 29.8 Å². The fraction of sp³-hybridized carbons (Fsp3) is 0.400. The van der Waals surface area contributed by atoms with Crippen LogP contribution in [0, 0.1) is 6.92 Å². The van der Waals surface area contributed by atoms with Crippen LogP contribution in [0.2, 0.25) is 10.2 Å². The van der Waals surface area contributed by atoms with Crippen LogP contribution in [-0.4, -0.2) is 20.9 Å². The zero-order chi connectivity index (χ0) is 15.6. The van der Waals surface area contributed by atoms with Crippen LogP contribution in [0.15, 0.2) is 24.3 Å². The second-order valence-electron chi connectivity index (χ2n) is 5.14. The lowest BCUT2D eigenvalue weighted by Gasteiger charge is -2.20. The minimum absolute atomic E-state index is 0.123. The Morgan fingerprint density at radius 2 is 1.90 bits per heavy atom. The third-order valence-electron chi connectivity index (χ3n) is 3.56. The summed E-state index contributed by atoms with van der Waals surface area (Å²) >= 11 is 12.0. The maximum atomic E-state index is 10.3. The van der Waals surface area contributed by atoms with Gasteiger partial charge in [-0.1, -0.05) is 35.3 Å². The molecular formula is C15H19Cl2N3O. The topological polar surface area (TPSA) is 50.1 Å². The van der Waals surface area contributed by atoms with Crippen LogP contribution < -0.4 is 5.32 Å². The smallest absolute Gasteiger partial charge is 0.131 e. The normalized spacial score (nSPS) is 14.2. The van der Waals surface area contributed by atoms with Crippen LogP contribution in [0.5, 0.6) is 0 Å². The summed E-state index contributed by atoms with van der Waals surface area (Å²) in [5.41, 5.74) is 2.67. The highest BCUT2D eigenvalue weighted by Crippen LogP contribution is 2.21. The highest BCUT2D eigenvalue weighted by molar-refractivity contribution is 6.30. The van der Waals surface area contributed by atoms with E-state index in [2.05, 4.69) is 10.4 Å². The van der Waals surface area contributed by atoms with E-state index in [1.54, 1.807) is 16.8 Å². The van der Waals surface area contributed by atoms with Gasteiger partial charge >= 0.3 is 0 Å². The molecule has 0 saturated heterocycles. The van der Waals surface area contributed by atoms with E-state index >= 15 is 0 Å². The van der Waals surface area contributed by atoms with Gasteiger partial charge in [0.15, 0.2) is 0 Å². The first-order valence-corrected chi connectivity index (χ1v) is 7.50. The number of nitrogens with zero attached hydrogens (tertiary/aromatic N) is 2. The molecule has 6 heteroatoms. The summed E-state index contributed by atoms with van der Waals surface area (Å²) < 4.78 is 1.65. The predicted molar refractivity (Wildman–Crippen MR) is 85.7 cm³/mol. The maximum absolute atomic E-state index is 10.3. The molecule has 0 fully saturated rings. The standard InChI is InChI=1S/C15H19Cl2N3O/c1-9-13(15(17)20(3)19-9)8-18-10(2)14(21)11-4-6-12(16)7-5-11/h4-7,10,14,18,21H,8H2,1-3H3. The van der Waals surface area contributed by atoms with Gasteiger partial charge < -0.3 is 10.4 Å². The van der Waals surface area contributed by atoms with Crippen molar-refractivity contribution in [3.8, 4) is 0 Å². The number of nitrogens with one attached hydrogen (secondary N) is 1. The number of benzene rings is 1. The molecule has 2 unspecified atom stereocenters. The molecule has 0 radical (unpaired) electrons. The van der Waals surface area contributed by atoms with Crippen LogP contribution >= 0.6 is 23.2 Å². The summed E-state index contributed by atoms with van der Waals surface area (Å²) in [5, 5.41) is 19.2. The highest BCUT2D eigenvalue weighted by Gasteiger charge is 2.18. The Hall–Kier alpha value is -1.07. The molecule has 0 saturated carbocycles. The highest BCUT2D eigenvalue weighted by atomic mass is 35.5. The van der Waals surface area contributed by atoms with Gasteiger partial charge in [-0.25, -0.2) is 0 Å². The van der Waals surface area contributed by atoms with Gasteiger partial charge in [0.1, 0.15) is 5.15 Å². The molecule has 0 aliphatic heterocycles. The summed E-state index contributed by atoms with van der Waals surface area (Å²) in [6, 6.07) is 7.08. The zero-order valence-corrected chi connectivity index (χ0v) is 13.8. The van der Waals surface area contributed by atoms with E-state index in [-0.39, 0.29) is 6.04 Å². The zero-order valence-electron chi connectivity index (χ0n) is 12.3. The van der Waals surface area contributed by atoms with E-state index < -0.39 is 6.10 Å². The van der Waals surface area contributed by atoms with E-state index in [1.807, 2.05) is 33.0 Å². The lowest BCUT2D eigenvalue weighted by atomic mass is 10.0. The average molecular weight is 328 g/mol. The molecule has 0 aliphatic carbocycles. The fourth-order valence-corrected chi connectivity index (χ4v) is 2.57. The maximum Gasteiger partial charge on any atom is 0.131 e. The van der Waals surface area contributed by atoms with Crippen LogP contribution in [0.4, 0.5) is 0 Å². The van der Waals surface area contributed by atoms with Crippen molar-refractivity contribution in [3.63, 3.8) is 0 Å². The summed E-state index contributed by atoms with van der Waals surface area (Å²) in [7, 11) is 1.81. The summed E-state index contributed by atoms with van der Waals surface area (Å²) in [4.78, 5) is 0. The third-order valence-corrected chi connectivity index (χ3v) is 4.28. The predicted octanol–water partition coefficient (Wildman–Crippen LogP) is 3.25. The Balaban J connectivity index is 2.01. The molecule has 0 amide bonds. The Kier molecular flexibility index (Phi) is 5.27. The van der Waals surface area contributed by atoms with Crippen LogP contribution in [0.25, 0.3) is 0 Å². The molecule has 1 aromatic heterocycles. The second kappa shape index (κ2) is 6.79. The van der Waals surface area contributed by atoms with E-state index in [4.69, 9.17) is 23.2 Å². The van der Waals surface area contributed by atoms with Crippen molar-refractivity contribution in [2.24, 2.45) is 7.05 Å². The summed E-state index contributed by atoms with van der Waals surface area (Å²) in [6.07, 6.45) is -0.613. The molecule has 2 aromatic rings. The lowest BCUT2D eigenvalue weighted by molar-refractivity contribution is 0.135. The number of aliphatic hydroxyl groups excluding tert-OH is 1. The van der Waals surface area contributed by atoms with E-state index in [0.717, 1.165) is 16.8 Å². The van der Waals surface area contributed by atoms with E-state index in [1.165, 1.54) is 0 Å². The van der Waals surface area contributed by atoms with Gasteiger partial charge in [0, 0.05) is 30.2 Å². The van der Waals surface area contributed by atoms with Gasteiger partial charge in [-0.05, 0) is 31.5 Å². The first kappa shape index (κ1) is 16.3. The molecule has 114 valence electrons. The van der Waals surface area contributed by atoms with Gasteiger partial charge in [0.25, 0.3) is 0 Å². The van der Waals surface area contributed by atoms with Gasteiger partial charge in [-0.15, -0.1) is 0 Å². The SMILES string of the molecule is Cc1nn(C)c(Cl)c1CNC(C)C(O)c1ccc(Cl)cc1. The van der Waals surface area contributed by atoms with Gasteiger partial charge in [0.05, 0.1) is 11.8 Å². The van der Waals surface area contributed by atoms with Crippen molar-refractivity contribution in [1.82, 2.24) is 15.1 Å². The second-order valence-corrected chi connectivity index (χ2v) is 5.94. The largest absolute Gasteiger partial charge is 0.387 e. The van der Waals surface area contributed by atoms with Crippen molar-refractivity contribution >= 4 is 23.2 Å². The summed E-state index contributed by atoms with van der Waals surface area (Å²) in [6.45, 7) is 4.41. The van der Waals surface area contributed by atoms with Crippen molar-refractivity contribution < 1.29 is 5.11 Å². The molecule has 1 aromatic carbocycles. The molecule has 2 atom stereocenters. The Bertz CT molecular complexity index is 610. The summed E-state index contributed by atoms with van der Waals surface area (Å²) in [5.74, 6) is 0. The Labute approximate surface area is 134 Å². The fourth-order valence-electron chi connectivity index (χ4n) is 2.20. The molecule has 0 bridgehead atoms. The molecule has 0 spiro atoms. The monoisotopic (exact) mass is 327 g/mol. The minimum Gasteiger partial charge on any atom is -0.387 e. The van der Waals surface area contributed by atoms with E-state index in [0.29, 0.717) is 16.7 Å². The van der Waals surface area contributed by atoms with Crippen LogP contribution in [0.3, 0.4) is 0 Å². The lowest BCUT2D eigenvalue weighted by Crippen LogP contribution is -2.31. The van der Waals surface area contributed by atoms with Gasteiger partial charge in [0.2, 0.25) is 0 Å². The number of hydrogen-bond acceptors (Lipinski definition) is 3. The van der Waals surface area contributed by atoms with Gasteiger partial charge in [-0.2, -0.15) is 5.10 Å². The number of aliphatic hydroxyl groups is 1. The van der Waals surface area contributed by atoms with Crippen molar-refractivity contribution in [1.29, 1.82) is 0 Å². The molecule has 2 N–H and O–H groups in total. The molecule has 0 aliphatic rings. The molecule has 1 heterocycles. The quantitative estimate of drug-likeness (QED) is 0.886. The van der Waals surface area contributed by atoms with Crippen molar-refractivity contribution in [2.75, 3.05) is 0 Å². The first-order chi connectivity index (χ1) is 9.90. The van der Waals surface area contributed by atoms with Gasteiger partial charge in [-0.3, -0.25) is 4.68 Å². The first-order valence-electron chi connectivity index (χ1n) is 6.75. The third kappa shape index (κ3) is 3.77. The van der Waals surface area contributed by atoms with E-state index in [9.17, 15) is 5.11 Å². The molecular weight excluding hydrogens is 309 g/mol. The Morgan fingerprint density at radius 1 is 1.29 bits per heavy atom. The van der Waals surface area contributed by atoms with Crippen molar-refractivity contribution in [2.45, 2.75) is 32.5 Å². The number of aromatic nitrogens is 2. The number of halogens is 2. The molecule has 2 rings (SSSR count). The number of rotatable bonds is 5. The molecule has 4 nitrogen and oxygen atoms in total. The Morgan fingerprint density at radius 3 is 2.43 bits per heavy atom. The van der Waals surface area contributed by atoms with Crippen molar-refractivity contribution in [3.05, 3.63) is 51.3 Å². The van der Waals surface area contributed by atoms with Crippen LogP contribution in [-0.2, 0) is 13.6 Å². The number of aryl methyl sites for hydroxylation is 2. The minimum atomic E-state index is -0.613.